The number of nitrogens with zero attached hydrogens (tertiary/aromatic N) is 1. The van der Waals surface area contributed by atoms with Gasteiger partial charge in [0.15, 0.2) is 0 Å². The van der Waals surface area contributed by atoms with E-state index in [2.05, 4.69) is 0 Å². The van der Waals surface area contributed by atoms with Crippen LogP contribution in [0.3, 0.4) is 0 Å². The van der Waals surface area contributed by atoms with Gasteiger partial charge in [0.25, 0.3) is 5.91 Å². The minimum absolute atomic E-state index is 0.0165. The van der Waals surface area contributed by atoms with Crippen LogP contribution in [-0.4, -0.2) is 30.1 Å². The van der Waals surface area contributed by atoms with Crippen LogP contribution >= 0.6 is 11.3 Å². The lowest BCUT2D eigenvalue weighted by molar-refractivity contribution is 0.0598. The van der Waals surface area contributed by atoms with Crippen LogP contribution in [0.15, 0.2) is 53.1 Å². The number of amides is 1. The van der Waals surface area contributed by atoms with Gasteiger partial charge in [-0.3, -0.25) is 4.79 Å². The van der Waals surface area contributed by atoms with Crippen molar-refractivity contribution in [3.8, 4) is 16.2 Å². The molecule has 1 aliphatic heterocycles. The maximum atomic E-state index is 13.3. The van der Waals surface area contributed by atoms with Crippen LogP contribution in [0.25, 0.3) is 10.4 Å². The topological polar surface area (TPSA) is 51.9 Å². The molecular formula is C23H25NO4S. The lowest BCUT2D eigenvalue weighted by Crippen LogP contribution is -2.31. The molecule has 4 rings (SSSR count). The van der Waals surface area contributed by atoms with Crippen molar-refractivity contribution in [1.29, 1.82) is 0 Å². The van der Waals surface area contributed by atoms with Crippen LogP contribution < -0.4 is 4.74 Å². The zero-order chi connectivity index (χ0) is 20.2. The molecule has 0 saturated carbocycles. The van der Waals surface area contributed by atoms with Gasteiger partial charge in [0.2, 0.25) is 0 Å². The highest BCUT2D eigenvalue weighted by Gasteiger charge is 2.25. The predicted octanol–water partition coefficient (Wildman–Crippen LogP) is 5.36. The number of para-hydroxylation sites is 1. The molecule has 0 N–H and O–H groups in total. The Hall–Kier alpha value is -2.57. The number of hydrogen-bond donors (Lipinski definition) is 0. The zero-order valence-corrected chi connectivity index (χ0v) is 17.5. The first kappa shape index (κ1) is 19.7. The molecule has 0 fully saturated rings. The van der Waals surface area contributed by atoms with Crippen molar-refractivity contribution in [2.24, 2.45) is 0 Å². The van der Waals surface area contributed by atoms with Crippen LogP contribution in [0.4, 0.5) is 0 Å². The van der Waals surface area contributed by atoms with Crippen LogP contribution in [0, 0.1) is 0 Å². The summed E-state index contributed by atoms with van der Waals surface area (Å²) in [6, 6.07) is 13.7. The average molecular weight is 412 g/mol. The van der Waals surface area contributed by atoms with E-state index in [1.165, 1.54) is 11.3 Å². The van der Waals surface area contributed by atoms with Crippen LogP contribution in [-0.2, 0) is 17.9 Å². The van der Waals surface area contributed by atoms with Crippen LogP contribution in [0.1, 0.15) is 41.3 Å². The van der Waals surface area contributed by atoms with Gasteiger partial charge in [0.1, 0.15) is 18.1 Å². The van der Waals surface area contributed by atoms with Gasteiger partial charge in [-0.2, -0.15) is 0 Å². The average Bonchev–Trinajstić information content (AvgIpc) is 3.39. The molecule has 1 amide bonds. The Balaban J connectivity index is 1.53. The van der Waals surface area contributed by atoms with Gasteiger partial charge in [-0.25, -0.2) is 0 Å². The van der Waals surface area contributed by atoms with E-state index >= 15 is 0 Å². The monoisotopic (exact) mass is 411 g/mol. The number of ether oxygens (including phenoxy) is 2. The molecule has 3 heterocycles. The third-order valence-electron chi connectivity index (χ3n) is 4.77. The first-order chi connectivity index (χ1) is 14.1. The maximum Gasteiger partial charge on any atom is 0.264 e. The van der Waals surface area contributed by atoms with Crippen LogP contribution in [0.2, 0.25) is 0 Å². The van der Waals surface area contributed by atoms with Crippen molar-refractivity contribution in [3.63, 3.8) is 0 Å². The van der Waals surface area contributed by atoms with E-state index in [4.69, 9.17) is 13.9 Å². The number of furan rings is 1. The van der Waals surface area contributed by atoms with Crippen molar-refractivity contribution in [2.75, 3.05) is 13.2 Å². The SMILES string of the molecule is CC(C)OCCCN(Cc1ccco1)C(=O)c1cc2c(s1)-c1ccccc1OC2. The van der Waals surface area contributed by atoms with E-state index in [-0.39, 0.29) is 12.0 Å². The van der Waals surface area contributed by atoms with Crippen LogP contribution in [0.5, 0.6) is 5.75 Å². The Labute approximate surface area is 174 Å². The third kappa shape index (κ3) is 4.54. The zero-order valence-electron chi connectivity index (χ0n) is 16.7. The Morgan fingerprint density at radius 2 is 2.10 bits per heavy atom. The smallest absolute Gasteiger partial charge is 0.264 e. The second-order valence-corrected chi connectivity index (χ2v) is 8.38. The fraction of sp³-hybridized carbons (Fsp3) is 0.348. The van der Waals surface area contributed by atoms with E-state index < -0.39 is 0 Å². The van der Waals surface area contributed by atoms with Gasteiger partial charge in [0, 0.05) is 29.2 Å². The lowest BCUT2D eigenvalue weighted by atomic mass is 10.1. The van der Waals surface area contributed by atoms with Crippen molar-refractivity contribution in [3.05, 3.63) is 64.9 Å². The Bertz CT molecular complexity index is 961. The fourth-order valence-corrected chi connectivity index (χ4v) is 4.54. The molecule has 5 nitrogen and oxygen atoms in total. The number of thiophene rings is 1. The molecular weight excluding hydrogens is 386 g/mol. The Morgan fingerprint density at radius 1 is 1.24 bits per heavy atom. The standard InChI is InChI=1S/C23H25NO4S/c1-16(2)26-12-6-10-24(14-18-7-5-11-27-18)23(25)21-13-17-15-28-20-9-4-3-8-19(20)22(17)29-21/h3-5,7-9,11,13,16H,6,10,12,14-15H2,1-2H3. The number of carbonyl (C=O) groups excluding carboxylic acids is 1. The largest absolute Gasteiger partial charge is 0.488 e. The van der Waals surface area contributed by atoms with Gasteiger partial charge < -0.3 is 18.8 Å². The number of benzene rings is 1. The predicted molar refractivity (Wildman–Crippen MR) is 113 cm³/mol. The molecule has 0 bridgehead atoms. The summed E-state index contributed by atoms with van der Waals surface area (Å²) in [7, 11) is 0. The van der Waals surface area contributed by atoms with E-state index in [9.17, 15) is 4.79 Å². The van der Waals surface area contributed by atoms with Gasteiger partial charge in [-0.1, -0.05) is 12.1 Å². The van der Waals surface area contributed by atoms with Gasteiger partial charge >= 0.3 is 0 Å². The molecule has 0 radical (unpaired) electrons. The Morgan fingerprint density at radius 3 is 2.90 bits per heavy atom. The first-order valence-electron chi connectivity index (χ1n) is 9.90. The van der Waals surface area contributed by atoms with E-state index in [0.717, 1.165) is 38.8 Å². The minimum atomic E-state index is 0.0165. The second-order valence-electron chi connectivity index (χ2n) is 7.33. The summed E-state index contributed by atoms with van der Waals surface area (Å²) >= 11 is 1.54. The molecule has 1 aliphatic rings. The summed E-state index contributed by atoms with van der Waals surface area (Å²) in [6.45, 7) is 6.22. The summed E-state index contributed by atoms with van der Waals surface area (Å²) in [6.07, 6.45) is 2.60. The highest BCUT2D eigenvalue weighted by atomic mass is 32.1. The number of fused-ring (bicyclic) bond motifs is 3. The van der Waals surface area contributed by atoms with E-state index in [0.29, 0.717) is 26.3 Å². The molecule has 0 spiro atoms. The molecule has 1 aromatic carbocycles. The quantitative estimate of drug-likeness (QED) is 0.468. The summed E-state index contributed by atoms with van der Waals surface area (Å²) in [5, 5.41) is 0. The number of hydrogen-bond acceptors (Lipinski definition) is 5. The van der Waals surface area contributed by atoms with Gasteiger partial charge in [0.05, 0.1) is 23.8 Å². The summed E-state index contributed by atoms with van der Waals surface area (Å²) < 4.78 is 17.0. The molecule has 0 unspecified atom stereocenters. The molecule has 29 heavy (non-hydrogen) atoms. The molecule has 2 aromatic heterocycles. The van der Waals surface area contributed by atoms with Gasteiger partial charge in [-0.05, 0) is 50.6 Å². The van der Waals surface area contributed by atoms with E-state index in [1.807, 2.05) is 61.2 Å². The highest BCUT2D eigenvalue weighted by molar-refractivity contribution is 7.17. The summed E-state index contributed by atoms with van der Waals surface area (Å²) in [5.41, 5.74) is 2.12. The van der Waals surface area contributed by atoms with Crippen molar-refractivity contribution in [1.82, 2.24) is 4.90 Å². The fourth-order valence-electron chi connectivity index (χ4n) is 3.38. The summed E-state index contributed by atoms with van der Waals surface area (Å²) in [4.78, 5) is 17.0. The molecule has 0 atom stereocenters. The first-order valence-corrected chi connectivity index (χ1v) is 10.7. The lowest BCUT2D eigenvalue weighted by Gasteiger charge is -2.21. The molecule has 3 aromatic rings. The maximum absolute atomic E-state index is 13.3. The highest BCUT2D eigenvalue weighted by Crippen LogP contribution is 2.42. The minimum Gasteiger partial charge on any atom is -0.488 e. The second kappa shape index (κ2) is 8.84. The molecule has 0 aliphatic carbocycles. The van der Waals surface area contributed by atoms with Gasteiger partial charge in [-0.15, -0.1) is 11.3 Å². The van der Waals surface area contributed by atoms with Crippen molar-refractivity contribution >= 4 is 17.2 Å². The molecule has 6 heteroatoms. The molecule has 0 saturated heterocycles. The van der Waals surface area contributed by atoms with Crippen molar-refractivity contribution < 1.29 is 18.7 Å². The number of rotatable bonds is 8. The summed E-state index contributed by atoms with van der Waals surface area (Å²) in [5.74, 6) is 1.67. The normalized spacial score (nSPS) is 12.4. The molecule has 152 valence electrons. The van der Waals surface area contributed by atoms with Crippen molar-refractivity contribution in [2.45, 2.75) is 39.5 Å². The van der Waals surface area contributed by atoms with E-state index in [1.54, 1.807) is 6.26 Å². The third-order valence-corrected chi connectivity index (χ3v) is 5.97. The number of carbonyl (C=O) groups is 1. The Kier molecular flexibility index (Phi) is 6.02.